The SMILES string of the molecule is CC[C@H]1O[C@@H](N2C=CC(=O)NC2N)[C@@H](O)C1OC.CC[C@H]1O[C@@H](N2C=CC(=O)NC2N)[C@@H](O)C1OP(=O)(O)OC.CC[C@H]1O[C@@H](N2C=CC(=O)NC2N)[C@@H](O)C1OP(O)(=S)OC. The van der Waals surface area contributed by atoms with Gasteiger partial charge in [0.2, 0.25) is 17.7 Å². The van der Waals surface area contributed by atoms with Gasteiger partial charge in [-0.05, 0) is 31.1 Å². The van der Waals surface area contributed by atoms with Crippen LogP contribution in [-0.2, 0) is 67.8 Å². The average molecular weight is 948 g/mol. The van der Waals surface area contributed by atoms with Gasteiger partial charge in [0, 0.05) is 58.2 Å². The molecular formula is C33H59N9O17P2S. The molecule has 0 spiro atoms. The summed E-state index contributed by atoms with van der Waals surface area (Å²) in [5.41, 5.74) is 17.4. The Bertz CT molecular complexity index is 1650. The van der Waals surface area contributed by atoms with Crippen LogP contribution in [0.4, 0.5) is 0 Å². The number of rotatable bonds is 13. The van der Waals surface area contributed by atoms with Gasteiger partial charge >= 0.3 is 14.5 Å². The molecule has 6 rings (SSSR count). The molecule has 0 aliphatic carbocycles. The first-order valence-electron chi connectivity index (χ1n) is 19.4. The summed E-state index contributed by atoms with van der Waals surface area (Å²) >= 11 is 4.82. The number of phosphoric acid groups is 1. The molecule has 3 saturated heterocycles. The molecule has 0 radical (unpaired) electrons. The number of aliphatic hydroxyl groups excluding tert-OH is 3. The fourth-order valence-corrected chi connectivity index (χ4v) is 8.71. The van der Waals surface area contributed by atoms with Gasteiger partial charge in [0.1, 0.15) is 36.6 Å². The van der Waals surface area contributed by atoms with Crippen LogP contribution in [-0.4, -0.2) is 171 Å². The Labute approximate surface area is 363 Å². The van der Waals surface area contributed by atoms with Crippen LogP contribution in [0.5, 0.6) is 0 Å². The standard InChI is InChI=1S/C11H20N3O7P.C11H20N3O6PS.C11H19N3O4/c1-3-6-9(21-22(17,18)19-2)8(16)10(20-6)14-5-4-7(15)13-11(14)12;1-3-6-9(20-21(17,22)18-2)8(16)10(19-6)14-5-4-7(15)13-11(14)12;1-3-6-9(17-2)8(16)10(18-6)14-5-4-7(15)13-11(14)12/h4-6,8-11,16H,3,12H2,1-2H3,(H,13,15)(H,17,18);4-6,8-11,16H,3,12H2,1-2H3,(H,13,15)(H,17,22);4-6,8-11,16H,3,12H2,1-2H3,(H,13,15)/t6-,8+,9?,10-,11?;6-,8+,9?,10-,11?,21?;6-,8+,9?,10-,11?/m111/s1. The third kappa shape index (κ3) is 12.5. The van der Waals surface area contributed by atoms with Crippen LogP contribution in [0.25, 0.3) is 0 Å². The summed E-state index contributed by atoms with van der Waals surface area (Å²) in [6.07, 6.45) is -1.75. The number of nitrogens with one attached hydrogen (secondary N) is 3. The fraction of sp³-hybridized carbons (Fsp3) is 0.727. The number of nitrogens with two attached hydrogens (primary N) is 3. The van der Waals surface area contributed by atoms with Crippen LogP contribution in [0.3, 0.4) is 0 Å². The van der Waals surface area contributed by atoms with Gasteiger partial charge in [0.15, 0.2) is 37.6 Å². The molecule has 6 heterocycles. The van der Waals surface area contributed by atoms with E-state index in [0.29, 0.717) is 12.8 Å². The highest BCUT2D eigenvalue weighted by molar-refractivity contribution is 8.07. The predicted molar refractivity (Wildman–Crippen MR) is 217 cm³/mol. The van der Waals surface area contributed by atoms with E-state index in [2.05, 4.69) is 20.5 Å². The Balaban J connectivity index is 0.000000206. The summed E-state index contributed by atoms with van der Waals surface area (Å²) in [6, 6.07) is 0. The van der Waals surface area contributed by atoms with Crippen molar-refractivity contribution in [2.24, 2.45) is 17.2 Å². The van der Waals surface area contributed by atoms with E-state index in [-0.39, 0.29) is 23.8 Å². The first-order valence-corrected chi connectivity index (χ1v) is 23.5. The van der Waals surface area contributed by atoms with E-state index in [0.717, 1.165) is 13.5 Å². The highest BCUT2D eigenvalue weighted by Gasteiger charge is 2.51. The fourth-order valence-electron chi connectivity index (χ4n) is 7.10. The molecule has 0 aromatic rings. The molecule has 14 N–H and O–H groups in total. The summed E-state index contributed by atoms with van der Waals surface area (Å²) < 4.78 is 53.4. The van der Waals surface area contributed by atoms with Crippen molar-refractivity contribution in [2.45, 2.75) is 133 Å². The third-order valence-corrected chi connectivity index (χ3v) is 12.9. The van der Waals surface area contributed by atoms with Crippen molar-refractivity contribution < 1.29 is 81.1 Å². The van der Waals surface area contributed by atoms with E-state index in [9.17, 15) is 44.1 Å². The van der Waals surface area contributed by atoms with E-state index in [1.165, 1.54) is 60.8 Å². The maximum atomic E-state index is 11.6. The van der Waals surface area contributed by atoms with Crippen molar-refractivity contribution in [3.63, 3.8) is 0 Å². The van der Waals surface area contributed by atoms with Crippen LogP contribution in [0.15, 0.2) is 36.8 Å². The number of methoxy groups -OCH3 is 1. The number of amides is 3. The zero-order valence-corrected chi connectivity index (χ0v) is 37.4. The number of carbonyl (C=O) groups excluding carboxylic acids is 3. The Morgan fingerprint density at radius 1 is 0.629 bits per heavy atom. The molecule has 0 aromatic heterocycles. The van der Waals surface area contributed by atoms with Crippen molar-refractivity contribution in [2.75, 3.05) is 21.3 Å². The lowest BCUT2D eigenvalue weighted by Crippen LogP contribution is -2.59. The van der Waals surface area contributed by atoms with Gasteiger partial charge in [-0.25, -0.2) is 4.57 Å². The minimum Gasteiger partial charge on any atom is -0.386 e. The molecule has 26 nitrogen and oxygen atoms in total. The minimum atomic E-state index is -4.28. The second kappa shape index (κ2) is 22.4. The molecule has 0 bridgehead atoms. The second-order valence-corrected chi connectivity index (χ2v) is 18.6. The average Bonchev–Trinajstić information content (AvgIpc) is 3.83. The van der Waals surface area contributed by atoms with Gasteiger partial charge in [0.25, 0.3) is 0 Å². The summed E-state index contributed by atoms with van der Waals surface area (Å²) in [5.74, 6) is -0.960. The first kappa shape index (κ1) is 51.9. The van der Waals surface area contributed by atoms with Crippen molar-refractivity contribution in [1.29, 1.82) is 0 Å². The lowest BCUT2D eigenvalue weighted by molar-refractivity contribution is -0.126. The number of aliphatic hydroxyl groups is 3. The molecular weight excluding hydrogens is 888 g/mol. The highest BCUT2D eigenvalue weighted by Crippen LogP contribution is 2.48. The van der Waals surface area contributed by atoms with Crippen LogP contribution < -0.4 is 33.2 Å². The predicted octanol–water partition coefficient (Wildman–Crippen LogP) is -3.59. The van der Waals surface area contributed by atoms with Crippen LogP contribution >= 0.6 is 14.5 Å². The topological polar surface area (TPSA) is 367 Å². The molecule has 0 saturated carbocycles. The number of nitrogens with zero attached hydrogens (tertiary/aromatic N) is 3. The number of carbonyl (C=O) groups is 3. The quantitative estimate of drug-likeness (QED) is 0.0795. The van der Waals surface area contributed by atoms with Gasteiger partial charge in [-0.2, -0.15) is 0 Å². The number of hydrogen-bond acceptors (Lipinski definition) is 22. The Morgan fingerprint density at radius 3 is 1.23 bits per heavy atom. The zero-order valence-electron chi connectivity index (χ0n) is 34.8. The Hall–Kier alpha value is -2.73. The van der Waals surface area contributed by atoms with E-state index in [4.69, 9.17) is 61.5 Å². The highest BCUT2D eigenvalue weighted by atomic mass is 32.5. The molecule has 6 aliphatic heterocycles. The zero-order chi connectivity index (χ0) is 46.3. The molecule has 354 valence electrons. The second-order valence-electron chi connectivity index (χ2n) is 14.2. The van der Waals surface area contributed by atoms with Gasteiger partial charge in [0.05, 0.1) is 18.3 Å². The Kier molecular flexibility index (Phi) is 18.8. The van der Waals surface area contributed by atoms with Gasteiger partial charge in [-0.1, -0.05) is 20.8 Å². The largest absolute Gasteiger partial charge is 0.472 e. The summed E-state index contributed by atoms with van der Waals surface area (Å²) in [4.78, 5) is 57.2. The molecule has 17 atom stereocenters. The van der Waals surface area contributed by atoms with Gasteiger partial charge in [-0.3, -0.25) is 45.2 Å². The number of hydrogen-bond donors (Lipinski definition) is 11. The maximum absolute atomic E-state index is 11.6. The molecule has 3 fully saturated rings. The minimum absolute atomic E-state index is 0.187. The lowest BCUT2D eigenvalue weighted by atomic mass is 10.1. The summed E-state index contributed by atoms with van der Waals surface area (Å²) in [6.45, 7) is 2.13. The summed E-state index contributed by atoms with van der Waals surface area (Å²) in [7, 11) is -0.478. The molecule has 6 aliphatic rings. The molecule has 3 amide bonds. The van der Waals surface area contributed by atoms with E-state index in [1.807, 2.05) is 13.8 Å². The lowest BCUT2D eigenvalue weighted by Gasteiger charge is -2.36. The number of ether oxygens (including phenoxy) is 4. The van der Waals surface area contributed by atoms with E-state index >= 15 is 0 Å². The normalized spacial score (nSPS) is 38.6. The Morgan fingerprint density at radius 2 is 0.952 bits per heavy atom. The van der Waals surface area contributed by atoms with Crippen LogP contribution in [0, 0.1) is 0 Å². The van der Waals surface area contributed by atoms with Crippen molar-refractivity contribution in [3.05, 3.63) is 36.8 Å². The van der Waals surface area contributed by atoms with Crippen molar-refractivity contribution in [1.82, 2.24) is 30.7 Å². The molecule has 29 heteroatoms. The van der Waals surface area contributed by atoms with E-state index < -0.39 is 101 Å². The molecule has 8 unspecified atom stereocenters. The van der Waals surface area contributed by atoms with E-state index in [1.54, 1.807) is 11.8 Å². The van der Waals surface area contributed by atoms with Crippen LogP contribution in [0.2, 0.25) is 0 Å². The first-order chi connectivity index (χ1) is 29.2. The maximum Gasteiger partial charge on any atom is 0.472 e. The van der Waals surface area contributed by atoms with Gasteiger partial charge < -0.3 is 79.2 Å². The third-order valence-electron chi connectivity index (χ3n) is 10.3. The smallest absolute Gasteiger partial charge is 0.386 e. The monoisotopic (exact) mass is 947 g/mol. The van der Waals surface area contributed by atoms with Crippen molar-refractivity contribution in [3.8, 4) is 0 Å². The number of phosphoric ester groups is 1. The van der Waals surface area contributed by atoms with Crippen LogP contribution in [0.1, 0.15) is 40.0 Å². The van der Waals surface area contributed by atoms with Crippen molar-refractivity contribution >= 4 is 44.1 Å². The molecule has 0 aromatic carbocycles. The van der Waals surface area contributed by atoms with Gasteiger partial charge in [-0.15, -0.1) is 0 Å². The summed E-state index contributed by atoms with van der Waals surface area (Å²) in [5, 5.41) is 38.5. The molecule has 62 heavy (non-hydrogen) atoms.